The number of hydrogen-bond donors (Lipinski definition) is 0. The van der Waals surface area contributed by atoms with Gasteiger partial charge in [0.25, 0.3) is 0 Å². The van der Waals surface area contributed by atoms with Gasteiger partial charge in [-0.3, -0.25) is 4.79 Å². The summed E-state index contributed by atoms with van der Waals surface area (Å²) in [5.41, 5.74) is -0.617. The van der Waals surface area contributed by atoms with Crippen LogP contribution in [0, 0.1) is 0 Å². The first kappa shape index (κ1) is 15.0. The number of amides is 1. The molecule has 1 aliphatic heterocycles. The molecule has 1 aromatic heterocycles. The summed E-state index contributed by atoms with van der Waals surface area (Å²) in [4.78, 5) is 24.9. The van der Waals surface area contributed by atoms with Gasteiger partial charge in [-0.1, -0.05) is 18.5 Å². The summed E-state index contributed by atoms with van der Waals surface area (Å²) in [7, 11) is 1.83. The Bertz CT molecular complexity index is 518. The Labute approximate surface area is 124 Å². The Balaban J connectivity index is 2.37. The maximum absolute atomic E-state index is 12.3. The molecule has 1 amide bonds. The molecule has 0 aromatic carbocycles. The van der Waals surface area contributed by atoms with Crippen molar-refractivity contribution in [1.82, 2.24) is 14.9 Å². The van der Waals surface area contributed by atoms with Crippen molar-refractivity contribution in [3.05, 3.63) is 17.0 Å². The number of rotatable bonds is 3. The van der Waals surface area contributed by atoms with Crippen LogP contribution in [0.5, 0.6) is 0 Å². The van der Waals surface area contributed by atoms with Gasteiger partial charge in [0.05, 0.1) is 0 Å². The Morgan fingerprint density at radius 3 is 2.70 bits per heavy atom. The maximum Gasteiger partial charge on any atom is 0.247 e. The molecule has 2 heterocycles. The zero-order chi connectivity index (χ0) is 14.9. The molecule has 0 bridgehead atoms. The fraction of sp³-hybridized carbons (Fsp3) is 0.643. The van der Waals surface area contributed by atoms with E-state index in [1.807, 2.05) is 25.8 Å². The van der Waals surface area contributed by atoms with Crippen molar-refractivity contribution in [3.63, 3.8) is 0 Å². The molecule has 0 unspecified atom stereocenters. The number of carbonyl (C=O) groups is 1. The first-order chi connectivity index (χ1) is 9.36. The maximum atomic E-state index is 12.3. The van der Waals surface area contributed by atoms with Crippen LogP contribution in [0.25, 0.3) is 0 Å². The highest BCUT2D eigenvalue weighted by molar-refractivity contribution is 6.29. The van der Waals surface area contributed by atoms with Crippen molar-refractivity contribution in [1.29, 1.82) is 0 Å². The Hall–Kier alpha value is -1.36. The van der Waals surface area contributed by atoms with Crippen molar-refractivity contribution in [3.8, 4) is 0 Å². The van der Waals surface area contributed by atoms with E-state index in [1.54, 1.807) is 11.0 Å². The predicted octanol–water partition coefficient (Wildman–Crippen LogP) is 2.14. The summed E-state index contributed by atoms with van der Waals surface area (Å²) in [5, 5.41) is 0.431. The van der Waals surface area contributed by atoms with Gasteiger partial charge >= 0.3 is 0 Å². The van der Waals surface area contributed by atoms with Gasteiger partial charge in [0.15, 0.2) is 0 Å². The smallest absolute Gasteiger partial charge is 0.247 e. The van der Waals surface area contributed by atoms with Crippen LogP contribution in [0.15, 0.2) is 6.07 Å². The summed E-state index contributed by atoms with van der Waals surface area (Å²) < 4.78 is 0. The highest BCUT2D eigenvalue weighted by Crippen LogP contribution is 2.28. The average molecular weight is 297 g/mol. The highest BCUT2D eigenvalue weighted by Gasteiger charge is 2.41. The molecule has 2 rings (SSSR count). The van der Waals surface area contributed by atoms with Crippen LogP contribution in [0.3, 0.4) is 0 Å². The molecule has 0 aliphatic carbocycles. The van der Waals surface area contributed by atoms with Crippen LogP contribution in [-0.4, -0.2) is 46.5 Å². The summed E-state index contributed by atoms with van der Waals surface area (Å²) in [6, 6.07) is 1.74. The van der Waals surface area contributed by atoms with Crippen LogP contribution in [0.4, 0.5) is 5.82 Å². The molecular weight excluding hydrogens is 276 g/mol. The molecule has 110 valence electrons. The predicted molar refractivity (Wildman–Crippen MR) is 80.1 cm³/mol. The van der Waals surface area contributed by atoms with Gasteiger partial charge in [0.1, 0.15) is 22.3 Å². The van der Waals surface area contributed by atoms with Crippen molar-refractivity contribution in [2.45, 2.75) is 39.2 Å². The van der Waals surface area contributed by atoms with E-state index in [-0.39, 0.29) is 5.91 Å². The lowest BCUT2D eigenvalue weighted by Gasteiger charge is -2.45. The van der Waals surface area contributed by atoms with Crippen molar-refractivity contribution >= 4 is 23.3 Å². The Morgan fingerprint density at radius 2 is 2.05 bits per heavy atom. The third-order valence-corrected chi connectivity index (χ3v) is 3.88. The van der Waals surface area contributed by atoms with Crippen LogP contribution >= 0.6 is 11.6 Å². The minimum absolute atomic E-state index is 0.0931. The van der Waals surface area contributed by atoms with E-state index in [0.29, 0.717) is 11.7 Å². The summed E-state index contributed by atoms with van der Waals surface area (Å²) in [6.45, 7) is 7.34. The molecule has 20 heavy (non-hydrogen) atoms. The monoisotopic (exact) mass is 296 g/mol. The average Bonchev–Trinajstić information content (AvgIpc) is 2.36. The Kier molecular flexibility index (Phi) is 4.18. The molecule has 1 aromatic rings. The summed E-state index contributed by atoms with van der Waals surface area (Å²) >= 11 is 6.09. The molecule has 0 atom stereocenters. The van der Waals surface area contributed by atoms with E-state index >= 15 is 0 Å². The quantitative estimate of drug-likeness (QED) is 0.802. The number of aryl methyl sites for hydroxylation is 1. The first-order valence-electron chi connectivity index (χ1n) is 6.93. The van der Waals surface area contributed by atoms with E-state index in [2.05, 4.69) is 16.9 Å². The number of halogens is 1. The highest BCUT2D eigenvalue weighted by atomic mass is 35.5. The van der Waals surface area contributed by atoms with E-state index in [0.717, 1.165) is 31.0 Å². The minimum Gasteiger partial charge on any atom is -0.342 e. The Morgan fingerprint density at radius 1 is 1.35 bits per heavy atom. The van der Waals surface area contributed by atoms with Gasteiger partial charge in [0.2, 0.25) is 5.91 Å². The standard InChI is InChI=1S/C14H21ClN4O/c1-5-6-11-16-10(15)9-12(17-11)19-8-7-18(4)13(20)14(19,2)3/h9H,5-8H2,1-4H3. The normalized spacial score (nSPS) is 18.6. The fourth-order valence-corrected chi connectivity index (χ4v) is 2.73. The second kappa shape index (κ2) is 5.56. The number of nitrogens with zero attached hydrogens (tertiary/aromatic N) is 4. The second-order valence-electron chi connectivity index (χ2n) is 5.65. The molecule has 0 radical (unpaired) electrons. The zero-order valence-corrected chi connectivity index (χ0v) is 13.2. The first-order valence-corrected chi connectivity index (χ1v) is 7.30. The number of anilines is 1. The second-order valence-corrected chi connectivity index (χ2v) is 6.04. The van der Waals surface area contributed by atoms with Crippen LogP contribution in [0.2, 0.25) is 5.15 Å². The van der Waals surface area contributed by atoms with Crippen LogP contribution in [-0.2, 0) is 11.2 Å². The SMILES string of the molecule is CCCc1nc(Cl)cc(N2CCN(C)C(=O)C2(C)C)n1. The van der Waals surface area contributed by atoms with Crippen molar-refractivity contribution in [2.24, 2.45) is 0 Å². The van der Waals surface area contributed by atoms with Crippen LogP contribution in [0.1, 0.15) is 33.0 Å². The molecule has 6 heteroatoms. The number of piperazine rings is 1. The number of carbonyl (C=O) groups excluding carboxylic acids is 1. The van der Waals surface area contributed by atoms with Gasteiger partial charge in [-0.15, -0.1) is 0 Å². The fourth-order valence-electron chi connectivity index (χ4n) is 2.54. The van der Waals surface area contributed by atoms with E-state index in [1.165, 1.54) is 0 Å². The largest absolute Gasteiger partial charge is 0.342 e. The van der Waals surface area contributed by atoms with E-state index in [9.17, 15) is 4.79 Å². The topological polar surface area (TPSA) is 49.3 Å². The number of likely N-dealkylation sites (N-methyl/N-ethyl adjacent to an activating group) is 1. The minimum atomic E-state index is -0.617. The number of hydrogen-bond acceptors (Lipinski definition) is 4. The third-order valence-electron chi connectivity index (χ3n) is 3.68. The molecule has 1 aliphatic rings. The van der Waals surface area contributed by atoms with Crippen molar-refractivity contribution < 1.29 is 4.79 Å². The van der Waals surface area contributed by atoms with E-state index < -0.39 is 5.54 Å². The van der Waals surface area contributed by atoms with Gasteiger partial charge < -0.3 is 9.80 Å². The van der Waals surface area contributed by atoms with Gasteiger partial charge in [-0.05, 0) is 20.3 Å². The molecule has 0 spiro atoms. The van der Waals surface area contributed by atoms with Gasteiger partial charge in [-0.25, -0.2) is 9.97 Å². The van der Waals surface area contributed by atoms with Gasteiger partial charge in [0, 0.05) is 32.6 Å². The lowest BCUT2D eigenvalue weighted by Crippen LogP contribution is -2.62. The molecular formula is C14H21ClN4O. The van der Waals surface area contributed by atoms with Gasteiger partial charge in [-0.2, -0.15) is 0 Å². The summed E-state index contributed by atoms with van der Waals surface area (Å²) in [5.74, 6) is 1.56. The van der Waals surface area contributed by atoms with Crippen molar-refractivity contribution in [2.75, 3.05) is 25.0 Å². The molecule has 1 fully saturated rings. The lowest BCUT2D eigenvalue weighted by molar-refractivity contribution is -0.136. The van der Waals surface area contributed by atoms with Crippen LogP contribution < -0.4 is 4.90 Å². The molecule has 5 nitrogen and oxygen atoms in total. The zero-order valence-electron chi connectivity index (χ0n) is 12.5. The number of aromatic nitrogens is 2. The molecule has 0 saturated carbocycles. The van der Waals surface area contributed by atoms with E-state index in [4.69, 9.17) is 11.6 Å². The molecule has 0 N–H and O–H groups in total. The lowest BCUT2D eigenvalue weighted by atomic mass is 9.98. The third kappa shape index (κ3) is 2.73. The molecule has 1 saturated heterocycles. The summed E-state index contributed by atoms with van der Waals surface area (Å²) in [6.07, 6.45) is 1.75.